The summed E-state index contributed by atoms with van der Waals surface area (Å²) in [5.41, 5.74) is 14.7. The van der Waals surface area contributed by atoms with Gasteiger partial charge in [-0.3, -0.25) is 9.11 Å². The van der Waals surface area contributed by atoms with Crippen molar-refractivity contribution >= 4 is 54.0 Å². The maximum Gasteiger partial charge on any atom is 0.413 e. The number of nitrogens with zero attached hydrogens (tertiary/aromatic N) is 1. The molecule has 0 spiro atoms. The third kappa shape index (κ3) is 5.81. The van der Waals surface area contributed by atoms with Crippen LogP contribution in [0.5, 0.6) is 0 Å². The maximum atomic E-state index is 9.44. The molecule has 1 aromatic heterocycles. The molecule has 0 bridgehead atoms. The molecule has 12 heteroatoms. The average Bonchev–Trinajstić information content (AvgIpc) is 2.41. The van der Waals surface area contributed by atoms with Crippen molar-refractivity contribution < 1.29 is 29.6 Å². The zero-order valence-corrected chi connectivity index (χ0v) is 14.0. The monoisotopic (exact) mass is 387 g/mol. The minimum Gasteiger partial charge on any atom is -0.399 e. The molecule has 0 aliphatic rings. The fraction of sp³-hybridized carbons (Fsp3) is 0. The van der Waals surface area contributed by atoms with Gasteiger partial charge in [0.2, 0.25) is 0 Å². The normalized spacial score (nSPS) is 11.9. The molecule has 3 aromatic rings. The number of nitrogen functional groups attached to an aromatic ring is 2. The first-order valence-corrected chi connectivity index (χ1v) is 9.17. The van der Waals surface area contributed by atoms with E-state index in [9.17, 15) is 16.8 Å². The third-order valence-corrected chi connectivity index (χ3v) is 4.21. The summed E-state index contributed by atoms with van der Waals surface area (Å²) in [7, 11) is -10.2. The van der Waals surface area contributed by atoms with Gasteiger partial charge in [0, 0.05) is 22.1 Å². The van der Waals surface area contributed by atoms with Gasteiger partial charge in [-0.2, -0.15) is 16.8 Å². The Morgan fingerprint density at radius 1 is 0.760 bits per heavy atom. The van der Waals surface area contributed by atoms with Gasteiger partial charge in [-0.1, -0.05) is 12.1 Å². The Morgan fingerprint density at radius 2 is 1.16 bits per heavy atom. The lowest BCUT2D eigenvalue weighted by Crippen LogP contribution is -2.10. The summed E-state index contributed by atoms with van der Waals surface area (Å²) in [5, 5.41) is 2.18. The Bertz CT molecular complexity index is 1060. The van der Waals surface area contributed by atoms with Crippen LogP contribution in [0, 0.1) is 0 Å². The molecule has 0 radical (unpaired) electrons. The Hall–Kier alpha value is -2.51. The number of hydrogen-bond acceptors (Lipinski definition) is 8. The fourth-order valence-corrected chi connectivity index (χ4v) is 2.83. The van der Waals surface area contributed by atoms with Crippen LogP contribution in [0.15, 0.2) is 42.5 Å². The lowest BCUT2D eigenvalue weighted by atomic mass is 10.1. The van der Waals surface area contributed by atoms with Crippen LogP contribution in [0.3, 0.4) is 0 Å². The topological polar surface area (TPSA) is 183 Å². The van der Waals surface area contributed by atoms with Crippen molar-refractivity contribution in [3.05, 3.63) is 42.5 Å². The van der Waals surface area contributed by atoms with E-state index in [2.05, 4.69) is 14.7 Å². The van der Waals surface area contributed by atoms with Crippen LogP contribution >= 0.6 is 0 Å². The third-order valence-electron chi connectivity index (χ3n) is 2.83. The van der Waals surface area contributed by atoms with Crippen molar-refractivity contribution in [2.45, 2.75) is 0 Å². The average molecular weight is 387 g/mol. The van der Waals surface area contributed by atoms with Gasteiger partial charge >= 0.3 is 20.8 Å². The van der Waals surface area contributed by atoms with E-state index in [1.165, 1.54) is 0 Å². The Balaban J connectivity index is 0.000000217. The summed E-state index contributed by atoms with van der Waals surface area (Å²) in [5.74, 6) is 0. The molecule has 0 aliphatic heterocycles. The zero-order valence-electron chi connectivity index (χ0n) is 12.4. The smallest absolute Gasteiger partial charge is 0.399 e. The van der Waals surface area contributed by atoms with Gasteiger partial charge < -0.3 is 11.5 Å². The molecule has 2 aromatic carbocycles. The highest BCUT2D eigenvalue weighted by Gasteiger charge is 2.15. The standard InChI is InChI=1S/C13H11N3.H2O7S2/c14-10-3-1-8-5-9-2-4-11(15)7-13(9)16-12(8)6-10;1-8(2,3)7-9(4,5)6/h1-7H,14-15H2;(H,1,2,3)(H,4,5,6). The number of pyridine rings is 1. The van der Waals surface area contributed by atoms with Gasteiger partial charge in [0.05, 0.1) is 11.0 Å². The molecule has 0 unspecified atom stereocenters. The van der Waals surface area contributed by atoms with Crippen molar-refractivity contribution in [2.75, 3.05) is 11.5 Å². The number of aromatic nitrogens is 1. The minimum absolute atomic E-state index is 0.725. The van der Waals surface area contributed by atoms with Crippen LogP contribution in [0.1, 0.15) is 0 Å². The van der Waals surface area contributed by atoms with E-state index < -0.39 is 20.8 Å². The van der Waals surface area contributed by atoms with Gasteiger partial charge in [0.15, 0.2) is 0 Å². The summed E-state index contributed by atoms with van der Waals surface area (Å²) < 4.78 is 55.6. The number of rotatable bonds is 2. The van der Waals surface area contributed by atoms with Gasteiger partial charge in [-0.15, -0.1) is 3.63 Å². The molecule has 3 rings (SSSR count). The van der Waals surface area contributed by atoms with Crippen molar-refractivity contribution in [3.63, 3.8) is 0 Å². The Kier molecular flexibility index (Phi) is 5.10. The van der Waals surface area contributed by atoms with Crippen LogP contribution < -0.4 is 11.5 Å². The summed E-state index contributed by atoms with van der Waals surface area (Å²) in [6.07, 6.45) is 0. The summed E-state index contributed by atoms with van der Waals surface area (Å²) in [6, 6.07) is 13.6. The van der Waals surface area contributed by atoms with Gasteiger partial charge in [-0.25, -0.2) is 4.98 Å². The summed E-state index contributed by atoms with van der Waals surface area (Å²) in [6.45, 7) is 0. The SMILES string of the molecule is Nc1ccc2cc3ccc(N)cc3nc2c1.O=S(=O)(O)OS(=O)(=O)O. The molecule has 1 heterocycles. The van der Waals surface area contributed by atoms with Crippen LogP contribution in [0.2, 0.25) is 0 Å². The number of fused-ring (bicyclic) bond motifs is 2. The molecule has 0 atom stereocenters. The second kappa shape index (κ2) is 6.78. The van der Waals surface area contributed by atoms with E-state index in [0.717, 1.165) is 33.2 Å². The molecule has 0 amide bonds. The van der Waals surface area contributed by atoms with Crippen molar-refractivity contribution in [1.82, 2.24) is 4.98 Å². The summed E-state index contributed by atoms with van der Waals surface area (Å²) >= 11 is 0. The van der Waals surface area contributed by atoms with Gasteiger partial charge in [0.25, 0.3) is 0 Å². The molecule has 0 saturated carbocycles. The molecule has 0 aliphatic carbocycles. The van der Waals surface area contributed by atoms with Crippen molar-refractivity contribution in [1.29, 1.82) is 0 Å². The second-order valence-electron chi connectivity index (χ2n) is 4.82. The number of anilines is 2. The van der Waals surface area contributed by atoms with Crippen LogP contribution in [-0.4, -0.2) is 30.9 Å². The highest BCUT2D eigenvalue weighted by Crippen LogP contribution is 2.22. The molecule has 0 saturated heterocycles. The largest absolute Gasteiger partial charge is 0.413 e. The lowest BCUT2D eigenvalue weighted by molar-refractivity contribution is 0.344. The summed E-state index contributed by atoms with van der Waals surface area (Å²) in [4.78, 5) is 4.54. The maximum absolute atomic E-state index is 9.44. The van der Waals surface area contributed by atoms with Crippen LogP contribution in [0.4, 0.5) is 11.4 Å². The second-order valence-corrected chi connectivity index (χ2v) is 7.07. The van der Waals surface area contributed by atoms with E-state index in [1.54, 1.807) is 0 Å². The van der Waals surface area contributed by atoms with Gasteiger partial charge in [-0.05, 0) is 30.3 Å². The fourth-order valence-electron chi connectivity index (χ4n) is 1.97. The molecule has 6 N–H and O–H groups in total. The predicted octanol–water partition coefficient (Wildman–Crippen LogP) is 1.16. The molecular formula is C13H13N3O7S2. The first-order valence-electron chi connectivity index (χ1n) is 6.44. The molecule has 10 nitrogen and oxygen atoms in total. The lowest BCUT2D eigenvalue weighted by Gasteiger charge is -2.03. The first-order chi connectivity index (χ1) is 11.4. The van der Waals surface area contributed by atoms with E-state index in [1.807, 2.05) is 36.4 Å². The number of nitrogens with two attached hydrogens (primary N) is 2. The van der Waals surface area contributed by atoms with Gasteiger partial charge in [0.1, 0.15) is 0 Å². The van der Waals surface area contributed by atoms with E-state index in [4.69, 9.17) is 20.6 Å². The Labute approximate surface area is 142 Å². The molecular weight excluding hydrogens is 374 g/mol. The Morgan fingerprint density at radius 3 is 1.48 bits per heavy atom. The zero-order chi connectivity index (χ0) is 18.8. The molecule has 134 valence electrons. The minimum atomic E-state index is -5.12. The highest BCUT2D eigenvalue weighted by atomic mass is 32.3. The predicted molar refractivity (Wildman–Crippen MR) is 92.3 cm³/mol. The van der Waals surface area contributed by atoms with Crippen molar-refractivity contribution in [3.8, 4) is 0 Å². The number of hydrogen-bond donors (Lipinski definition) is 4. The van der Waals surface area contributed by atoms with E-state index >= 15 is 0 Å². The van der Waals surface area contributed by atoms with Crippen LogP contribution in [-0.2, 0) is 24.4 Å². The van der Waals surface area contributed by atoms with E-state index in [-0.39, 0.29) is 0 Å². The first kappa shape index (κ1) is 18.8. The van der Waals surface area contributed by atoms with Crippen LogP contribution in [0.25, 0.3) is 21.8 Å². The quantitative estimate of drug-likeness (QED) is 0.283. The molecule has 25 heavy (non-hydrogen) atoms. The van der Waals surface area contributed by atoms with Crippen molar-refractivity contribution in [2.24, 2.45) is 0 Å². The number of benzene rings is 2. The van der Waals surface area contributed by atoms with E-state index in [0.29, 0.717) is 0 Å². The highest BCUT2D eigenvalue weighted by molar-refractivity contribution is 7.94. The molecule has 0 fully saturated rings.